The second-order valence-electron chi connectivity index (χ2n) is 7.27. The van der Waals surface area contributed by atoms with Crippen LogP contribution in [-0.4, -0.2) is 15.7 Å². The largest absolute Gasteiger partial charge is 0.489 e. The maximum absolute atomic E-state index is 13.9. The molecule has 10 heteroatoms. The van der Waals surface area contributed by atoms with Gasteiger partial charge >= 0.3 is 0 Å². The molecule has 3 aromatic carbocycles. The fourth-order valence-electron chi connectivity index (χ4n) is 3.08. The number of anilines is 1. The van der Waals surface area contributed by atoms with Gasteiger partial charge in [-0.25, -0.2) is 17.6 Å². The maximum atomic E-state index is 13.9. The number of carbonyl (C=O) groups excluding carboxylic acids is 1. The summed E-state index contributed by atoms with van der Waals surface area (Å²) in [6.07, 6.45) is 2.58. The van der Waals surface area contributed by atoms with Gasteiger partial charge in [0.15, 0.2) is 17.5 Å². The van der Waals surface area contributed by atoms with Crippen LogP contribution in [0.15, 0.2) is 67.0 Å². The fourth-order valence-corrected chi connectivity index (χ4v) is 3.20. The first kappa shape index (κ1) is 23.3. The number of carbonyl (C=O) groups is 1. The van der Waals surface area contributed by atoms with Gasteiger partial charge in [0.1, 0.15) is 18.2 Å². The predicted molar refractivity (Wildman–Crippen MR) is 118 cm³/mol. The van der Waals surface area contributed by atoms with Crippen LogP contribution in [0.4, 0.5) is 23.2 Å². The molecule has 0 bridgehead atoms. The van der Waals surface area contributed by atoms with E-state index in [0.29, 0.717) is 22.9 Å². The molecule has 5 nitrogen and oxygen atoms in total. The average Bonchev–Trinajstić information content (AvgIpc) is 3.27. The van der Waals surface area contributed by atoms with Gasteiger partial charge in [-0.3, -0.25) is 9.48 Å². The molecule has 0 radical (unpaired) electrons. The van der Waals surface area contributed by atoms with Crippen molar-refractivity contribution in [2.45, 2.75) is 13.2 Å². The molecule has 1 aromatic heterocycles. The van der Waals surface area contributed by atoms with Crippen LogP contribution in [-0.2, 0) is 13.2 Å². The first-order valence-electron chi connectivity index (χ1n) is 9.93. The van der Waals surface area contributed by atoms with Crippen molar-refractivity contribution in [2.24, 2.45) is 0 Å². The third-order valence-corrected chi connectivity index (χ3v) is 5.11. The Kier molecular flexibility index (Phi) is 6.83. The molecule has 1 heterocycles. The summed E-state index contributed by atoms with van der Waals surface area (Å²) in [6, 6.07) is 13.9. The van der Waals surface area contributed by atoms with Crippen LogP contribution in [0.2, 0.25) is 5.02 Å². The monoisotopic (exact) mass is 489 g/mol. The fraction of sp³-hybridized carbons (Fsp3) is 0.0833. The molecule has 0 atom stereocenters. The highest BCUT2D eigenvalue weighted by molar-refractivity contribution is 6.30. The number of halogens is 5. The molecule has 0 aliphatic carbocycles. The van der Waals surface area contributed by atoms with Crippen LogP contribution in [0.1, 0.15) is 21.5 Å². The minimum absolute atomic E-state index is 0.253. The van der Waals surface area contributed by atoms with Gasteiger partial charge in [0.25, 0.3) is 5.91 Å². The molecule has 1 N–H and O–H groups in total. The first-order chi connectivity index (χ1) is 16.3. The van der Waals surface area contributed by atoms with E-state index in [1.54, 1.807) is 48.5 Å². The maximum Gasteiger partial charge on any atom is 0.255 e. The quantitative estimate of drug-likeness (QED) is 0.198. The predicted octanol–water partition coefficient (Wildman–Crippen LogP) is 5.97. The van der Waals surface area contributed by atoms with Crippen molar-refractivity contribution in [1.82, 2.24) is 9.78 Å². The number of hydrogen-bond donors (Lipinski definition) is 1. The van der Waals surface area contributed by atoms with Crippen LogP contribution in [0, 0.1) is 23.3 Å². The van der Waals surface area contributed by atoms with Crippen molar-refractivity contribution in [1.29, 1.82) is 0 Å². The second kappa shape index (κ2) is 9.96. The Hall–Kier alpha value is -3.85. The van der Waals surface area contributed by atoms with Gasteiger partial charge in [0.2, 0.25) is 0 Å². The van der Waals surface area contributed by atoms with Crippen LogP contribution >= 0.6 is 11.6 Å². The lowest BCUT2D eigenvalue weighted by atomic mass is 10.1. The molecule has 0 spiro atoms. The number of aromatic nitrogens is 2. The van der Waals surface area contributed by atoms with Gasteiger partial charge in [0, 0.05) is 28.4 Å². The number of hydrogen-bond acceptors (Lipinski definition) is 3. The summed E-state index contributed by atoms with van der Waals surface area (Å²) in [7, 11) is 0. The van der Waals surface area contributed by atoms with Crippen molar-refractivity contribution in [3.8, 4) is 5.75 Å². The van der Waals surface area contributed by atoms with Gasteiger partial charge in [0.05, 0.1) is 18.4 Å². The molecule has 4 rings (SSSR count). The molecule has 34 heavy (non-hydrogen) atoms. The Morgan fingerprint density at radius 2 is 1.68 bits per heavy atom. The van der Waals surface area contributed by atoms with Crippen molar-refractivity contribution in [3.63, 3.8) is 0 Å². The molecular weight excluding hydrogens is 474 g/mol. The van der Waals surface area contributed by atoms with E-state index in [1.165, 1.54) is 12.4 Å². The summed E-state index contributed by atoms with van der Waals surface area (Å²) >= 11 is 5.84. The number of nitrogens with zero attached hydrogens (tertiary/aromatic N) is 2. The van der Waals surface area contributed by atoms with E-state index in [0.717, 1.165) is 10.2 Å². The van der Waals surface area contributed by atoms with E-state index in [1.807, 2.05) is 0 Å². The summed E-state index contributed by atoms with van der Waals surface area (Å²) in [5, 5.41) is 7.11. The Morgan fingerprint density at radius 3 is 2.38 bits per heavy atom. The second-order valence-corrected chi connectivity index (χ2v) is 7.70. The zero-order valence-electron chi connectivity index (χ0n) is 17.4. The van der Waals surface area contributed by atoms with E-state index < -0.39 is 41.3 Å². The number of rotatable bonds is 7. The van der Waals surface area contributed by atoms with E-state index in [2.05, 4.69) is 10.4 Å². The Labute approximate surface area is 196 Å². The van der Waals surface area contributed by atoms with E-state index in [4.69, 9.17) is 16.3 Å². The Morgan fingerprint density at radius 1 is 0.971 bits per heavy atom. The van der Waals surface area contributed by atoms with E-state index in [-0.39, 0.29) is 11.8 Å². The minimum Gasteiger partial charge on any atom is -0.489 e. The summed E-state index contributed by atoms with van der Waals surface area (Å²) in [5.41, 5.74) is 0.774. The zero-order valence-corrected chi connectivity index (χ0v) is 18.1. The van der Waals surface area contributed by atoms with E-state index >= 15 is 0 Å². The number of ether oxygens (including phenoxy) is 1. The lowest BCUT2D eigenvalue weighted by Crippen LogP contribution is -2.12. The highest BCUT2D eigenvalue weighted by Gasteiger charge is 2.19. The lowest BCUT2D eigenvalue weighted by Gasteiger charge is -2.08. The van der Waals surface area contributed by atoms with Gasteiger partial charge < -0.3 is 10.1 Å². The molecule has 0 aliphatic heterocycles. The summed E-state index contributed by atoms with van der Waals surface area (Å²) in [6.45, 7) is -0.194. The van der Waals surface area contributed by atoms with Crippen molar-refractivity contribution >= 4 is 23.2 Å². The van der Waals surface area contributed by atoms with Crippen molar-refractivity contribution in [2.75, 3.05) is 5.32 Å². The summed E-state index contributed by atoms with van der Waals surface area (Å²) in [5.74, 6) is -6.02. The molecule has 0 saturated carbocycles. The molecule has 174 valence electrons. The van der Waals surface area contributed by atoms with Gasteiger partial charge in [-0.2, -0.15) is 5.10 Å². The topological polar surface area (TPSA) is 56.2 Å². The molecular formula is C24H16ClF4N3O2. The Balaban J connectivity index is 1.36. The highest BCUT2D eigenvalue weighted by atomic mass is 35.5. The molecule has 0 saturated heterocycles. The minimum atomic E-state index is -1.76. The standard InChI is InChI=1S/C24H16ClF4N3O2/c25-16-5-7-18(8-6-16)34-13-14-1-3-15(4-2-14)24(33)31-17-10-30-32(11-17)12-19-20(26)9-21(27)23(29)22(19)28/h1-11H,12-13H2,(H,31,33). The summed E-state index contributed by atoms with van der Waals surface area (Å²) in [4.78, 5) is 12.5. The molecule has 0 aliphatic rings. The number of amides is 1. The zero-order chi connectivity index (χ0) is 24.2. The van der Waals surface area contributed by atoms with Crippen molar-refractivity contribution < 1.29 is 27.1 Å². The first-order valence-corrected chi connectivity index (χ1v) is 10.3. The van der Waals surface area contributed by atoms with Crippen molar-refractivity contribution in [3.05, 3.63) is 112 Å². The Bertz CT molecular complexity index is 1330. The SMILES string of the molecule is O=C(Nc1cnn(Cc2c(F)cc(F)c(F)c2F)c1)c1ccc(COc2ccc(Cl)cc2)cc1. The highest BCUT2D eigenvalue weighted by Crippen LogP contribution is 2.21. The average molecular weight is 490 g/mol. The molecule has 4 aromatic rings. The number of benzene rings is 3. The van der Waals surface area contributed by atoms with Crippen LogP contribution in [0.3, 0.4) is 0 Å². The summed E-state index contributed by atoms with van der Waals surface area (Å²) < 4.78 is 60.9. The third kappa shape index (κ3) is 5.37. The molecule has 0 unspecified atom stereocenters. The normalized spacial score (nSPS) is 10.9. The third-order valence-electron chi connectivity index (χ3n) is 4.86. The molecule has 1 amide bonds. The van der Waals surface area contributed by atoms with Crippen LogP contribution < -0.4 is 10.1 Å². The van der Waals surface area contributed by atoms with Crippen LogP contribution in [0.25, 0.3) is 0 Å². The van der Waals surface area contributed by atoms with E-state index in [9.17, 15) is 22.4 Å². The van der Waals surface area contributed by atoms with Gasteiger partial charge in [-0.05, 0) is 42.0 Å². The molecule has 0 fully saturated rings. The van der Waals surface area contributed by atoms with Gasteiger partial charge in [-0.15, -0.1) is 0 Å². The lowest BCUT2D eigenvalue weighted by molar-refractivity contribution is 0.102. The number of nitrogens with one attached hydrogen (secondary N) is 1. The van der Waals surface area contributed by atoms with Gasteiger partial charge in [-0.1, -0.05) is 23.7 Å². The van der Waals surface area contributed by atoms with Crippen LogP contribution in [0.5, 0.6) is 5.75 Å². The smallest absolute Gasteiger partial charge is 0.255 e.